The molecular formula is C19H23N3O2. The van der Waals surface area contributed by atoms with Crippen LogP contribution in [-0.2, 0) is 0 Å². The van der Waals surface area contributed by atoms with Crippen molar-refractivity contribution in [2.75, 3.05) is 25.0 Å². The van der Waals surface area contributed by atoms with Gasteiger partial charge in [-0.15, -0.1) is 0 Å². The molecule has 1 fully saturated rings. The van der Waals surface area contributed by atoms with Crippen molar-refractivity contribution in [2.45, 2.75) is 26.2 Å². The third-order valence-corrected chi connectivity index (χ3v) is 4.12. The number of para-hydroxylation sites is 2. The number of hydrogen-bond acceptors (Lipinski definition) is 4. The third-order valence-electron chi connectivity index (χ3n) is 4.12. The number of piperidine rings is 1. The van der Waals surface area contributed by atoms with Crippen LogP contribution in [-0.4, -0.2) is 35.5 Å². The summed E-state index contributed by atoms with van der Waals surface area (Å²) < 4.78 is 5.64. The van der Waals surface area contributed by atoms with Gasteiger partial charge in [0, 0.05) is 19.3 Å². The van der Waals surface area contributed by atoms with E-state index in [1.54, 1.807) is 12.3 Å². The number of amides is 1. The van der Waals surface area contributed by atoms with Gasteiger partial charge in [-0.1, -0.05) is 12.1 Å². The number of anilines is 2. The highest BCUT2D eigenvalue weighted by molar-refractivity contribution is 5.99. The van der Waals surface area contributed by atoms with Gasteiger partial charge in [0.15, 0.2) is 0 Å². The molecule has 5 heteroatoms. The van der Waals surface area contributed by atoms with Crippen molar-refractivity contribution < 1.29 is 9.53 Å². The number of pyridine rings is 1. The largest absolute Gasteiger partial charge is 0.492 e. The van der Waals surface area contributed by atoms with Crippen LogP contribution in [0.5, 0.6) is 5.75 Å². The van der Waals surface area contributed by atoms with Crippen LogP contribution in [0.1, 0.15) is 36.5 Å². The second kappa shape index (κ2) is 7.81. The van der Waals surface area contributed by atoms with Gasteiger partial charge in [0.05, 0.1) is 17.9 Å². The molecule has 0 atom stereocenters. The Bertz CT molecular complexity index is 697. The number of aromatic nitrogens is 1. The number of hydrogen-bond donors (Lipinski definition) is 1. The molecule has 0 unspecified atom stereocenters. The van der Waals surface area contributed by atoms with Gasteiger partial charge in [-0.05, 0) is 50.5 Å². The zero-order valence-corrected chi connectivity index (χ0v) is 14.0. The fourth-order valence-corrected chi connectivity index (χ4v) is 2.92. The van der Waals surface area contributed by atoms with Crippen molar-refractivity contribution in [1.82, 2.24) is 9.88 Å². The topological polar surface area (TPSA) is 54.5 Å². The van der Waals surface area contributed by atoms with Gasteiger partial charge >= 0.3 is 0 Å². The van der Waals surface area contributed by atoms with Crippen LogP contribution >= 0.6 is 0 Å². The number of nitrogens with zero attached hydrogens (tertiary/aromatic N) is 2. The van der Waals surface area contributed by atoms with E-state index in [0.717, 1.165) is 37.4 Å². The number of carbonyl (C=O) groups is 1. The van der Waals surface area contributed by atoms with E-state index in [9.17, 15) is 4.79 Å². The molecule has 1 aliphatic rings. The summed E-state index contributed by atoms with van der Waals surface area (Å²) in [5.41, 5.74) is 1.41. The number of ether oxygens (including phenoxy) is 1. The first-order valence-electron chi connectivity index (χ1n) is 8.52. The molecule has 1 aliphatic heterocycles. The molecule has 1 aromatic heterocycles. The van der Waals surface area contributed by atoms with Gasteiger partial charge in [-0.3, -0.25) is 4.79 Å². The Kier molecular flexibility index (Phi) is 5.31. The van der Waals surface area contributed by atoms with Crippen LogP contribution in [0.25, 0.3) is 0 Å². The predicted octanol–water partition coefficient (Wildman–Crippen LogP) is 3.85. The Morgan fingerprint density at radius 2 is 1.96 bits per heavy atom. The molecule has 2 heterocycles. The second-order valence-corrected chi connectivity index (χ2v) is 5.81. The molecule has 0 radical (unpaired) electrons. The van der Waals surface area contributed by atoms with Gasteiger partial charge < -0.3 is 15.0 Å². The summed E-state index contributed by atoms with van der Waals surface area (Å²) in [5, 5.41) is 3.26. The maximum Gasteiger partial charge on any atom is 0.257 e. The lowest BCUT2D eigenvalue weighted by Gasteiger charge is -2.27. The normalized spacial score (nSPS) is 14.3. The average molecular weight is 325 g/mol. The molecule has 0 aliphatic carbocycles. The summed E-state index contributed by atoms with van der Waals surface area (Å²) in [4.78, 5) is 19.1. The molecule has 24 heavy (non-hydrogen) atoms. The monoisotopic (exact) mass is 325 g/mol. The maximum absolute atomic E-state index is 12.8. The SMILES string of the molecule is CCOc1ccccc1Nc1ncccc1C(=O)N1CCCCC1. The Labute approximate surface area is 142 Å². The van der Waals surface area contributed by atoms with Crippen molar-refractivity contribution in [2.24, 2.45) is 0 Å². The van der Waals surface area contributed by atoms with Crippen LogP contribution in [0.15, 0.2) is 42.6 Å². The molecule has 3 rings (SSSR count). The summed E-state index contributed by atoms with van der Waals surface area (Å²) in [6, 6.07) is 11.3. The molecule has 1 aromatic carbocycles. The molecule has 0 bridgehead atoms. The van der Waals surface area contributed by atoms with E-state index in [-0.39, 0.29) is 5.91 Å². The van der Waals surface area contributed by atoms with E-state index in [2.05, 4.69) is 10.3 Å². The first kappa shape index (κ1) is 16.3. The summed E-state index contributed by atoms with van der Waals surface area (Å²) in [6.07, 6.45) is 5.03. The van der Waals surface area contributed by atoms with E-state index in [1.807, 2.05) is 42.2 Å². The number of rotatable bonds is 5. The number of nitrogens with one attached hydrogen (secondary N) is 1. The molecule has 2 aromatic rings. The highest BCUT2D eigenvalue weighted by atomic mass is 16.5. The van der Waals surface area contributed by atoms with Gasteiger partial charge in [0.2, 0.25) is 0 Å². The molecule has 1 amide bonds. The Balaban J connectivity index is 1.85. The summed E-state index contributed by atoms with van der Waals surface area (Å²) in [5.74, 6) is 1.36. The third kappa shape index (κ3) is 3.67. The van der Waals surface area contributed by atoms with E-state index in [1.165, 1.54) is 6.42 Å². The Morgan fingerprint density at radius 3 is 2.75 bits per heavy atom. The van der Waals surface area contributed by atoms with Crippen LogP contribution in [0.2, 0.25) is 0 Å². The minimum atomic E-state index is 0.0409. The standard InChI is InChI=1S/C19H23N3O2/c1-2-24-17-11-5-4-10-16(17)21-18-15(9-8-12-20-18)19(23)22-13-6-3-7-14-22/h4-5,8-12H,2-3,6-7,13-14H2,1H3,(H,20,21). The molecule has 126 valence electrons. The lowest BCUT2D eigenvalue weighted by Crippen LogP contribution is -2.36. The Morgan fingerprint density at radius 1 is 1.17 bits per heavy atom. The smallest absolute Gasteiger partial charge is 0.257 e. The maximum atomic E-state index is 12.8. The number of carbonyl (C=O) groups excluding carboxylic acids is 1. The van der Waals surface area contributed by atoms with E-state index in [0.29, 0.717) is 18.0 Å². The van der Waals surface area contributed by atoms with Gasteiger partial charge in [0.25, 0.3) is 5.91 Å². The van der Waals surface area contributed by atoms with Crippen molar-refractivity contribution in [3.63, 3.8) is 0 Å². The highest BCUT2D eigenvalue weighted by Crippen LogP contribution is 2.28. The zero-order chi connectivity index (χ0) is 16.8. The summed E-state index contributed by atoms with van der Waals surface area (Å²) in [6.45, 7) is 4.18. The minimum Gasteiger partial charge on any atom is -0.492 e. The fourth-order valence-electron chi connectivity index (χ4n) is 2.92. The van der Waals surface area contributed by atoms with Gasteiger partial charge in [0.1, 0.15) is 11.6 Å². The quantitative estimate of drug-likeness (QED) is 0.907. The highest BCUT2D eigenvalue weighted by Gasteiger charge is 2.21. The molecular weight excluding hydrogens is 302 g/mol. The molecule has 5 nitrogen and oxygen atoms in total. The van der Waals surface area contributed by atoms with Crippen LogP contribution < -0.4 is 10.1 Å². The van der Waals surface area contributed by atoms with Crippen LogP contribution in [0, 0.1) is 0 Å². The van der Waals surface area contributed by atoms with E-state index < -0.39 is 0 Å². The second-order valence-electron chi connectivity index (χ2n) is 5.81. The average Bonchev–Trinajstić information content (AvgIpc) is 2.64. The van der Waals surface area contributed by atoms with E-state index in [4.69, 9.17) is 4.74 Å². The Hall–Kier alpha value is -2.56. The molecule has 1 saturated heterocycles. The van der Waals surface area contributed by atoms with Gasteiger partial charge in [-0.25, -0.2) is 4.98 Å². The van der Waals surface area contributed by atoms with Crippen LogP contribution in [0.4, 0.5) is 11.5 Å². The van der Waals surface area contributed by atoms with Crippen molar-refractivity contribution in [1.29, 1.82) is 0 Å². The first-order valence-corrected chi connectivity index (χ1v) is 8.52. The van der Waals surface area contributed by atoms with Crippen molar-refractivity contribution in [3.05, 3.63) is 48.2 Å². The molecule has 0 saturated carbocycles. The fraction of sp³-hybridized carbons (Fsp3) is 0.368. The van der Waals surface area contributed by atoms with Crippen molar-refractivity contribution in [3.8, 4) is 5.75 Å². The number of likely N-dealkylation sites (tertiary alicyclic amines) is 1. The zero-order valence-electron chi connectivity index (χ0n) is 14.0. The number of benzene rings is 1. The molecule has 1 N–H and O–H groups in total. The predicted molar refractivity (Wildman–Crippen MR) is 94.9 cm³/mol. The van der Waals surface area contributed by atoms with Crippen molar-refractivity contribution >= 4 is 17.4 Å². The van der Waals surface area contributed by atoms with E-state index >= 15 is 0 Å². The lowest BCUT2D eigenvalue weighted by atomic mass is 10.1. The minimum absolute atomic E-state index is 0.0409. The summed E-state index contributed by atoms with van der Waals surface area (Å²) >= 11 is 0. The molecule has 0 spiro atoms. The lowest BCUT2D eigenvalue weighted by molar-refractivity contribution is 0.0725. The first-order chi connectivity index (χ1) is 11.8. The van der Waals surface area contributed by atoms with Gasteiger partial charge in [-0.2, -0.15) is 0 Å². The summed E-state index contributed by atoms with van der Waals surface area (Å²) in [7, 11) is 0. The van der Waals surface area contributed by atoms with Crippen LogP contribution in [0.3, 0.4) is 0 Å².